The van der Waals surface area contributed by atoms with Crippen molar-refractivity contribution in [1.82, 2.24) is 0 Å². The van der Waals surface area contributed by atoms with Gasteiger partial charge in [0.1, 0.15) is 31.5 Å². The number of halogens is 5. The Morgan fingerprint density at radius 2 is 1.39 bits per heavy atom. The van der Waals surface area contributed by atoms with E-state index in [4.69, 9.17) is 39.0 Å². The summed E-state index contributed by atoms with van der Waals surface area (Å²) in [4.78, 5) is 8.41. The Morgan fingerprint density at radius 1 is 0.917 bits per heavy atom. The molecule has 1 N–H and O–H groups in total. The SMILES string of the molecule is CC[C@@H](O)[C@@H](C)[C@H](F)C=NOC.CC[C@@H](OS(=O)(=O)c1cc(Cl)c(Cl)cc1Cl)[C@@H](C)[C@H](F)C=NOC. The van der Waals surface area contributed by atoms with Gasteiger partial charge in [0.25, 0.3) is 10.1 Å². The summed E-state index contributed by atoms with van der Waals surface area (Å²) < 4.78 is 57.1. The fourth-order valence-electron chi connectivity index (χ4n) is 2.74. The minimum absolute atomic E-state index is 0.0138. The van der Waals surface area contributed by atoms with Crippen LogP contribution in [0.4, 0.5) is 8.78 Å². The van der Waals surface area contributed by atoms with Crippen LogP contribution >= 0.6 is 34.8 Å². The average Bonchev–Trinajstić information content (AvgIpc) is 2.85. The van der Waals surface area contributed by atoms with E-state index < -0.39 is 46.5 Å². The third-order valence-electron chi connectivity index (χ3n) is 5.13. The van der Waals surface area contributed by atoms with Crippen LogP contribution in [0.3, 0.4) is 0 Å². The molecule has 0 bridgehead atoms. The van der Waals surface area contributed by atoms with Crippen LogP contribution < -0.4 is 0 Å². The molecule has 0 unspecified atom stereocenters. The maximum Gasteiger partial charge on any atom is 0.298 e. The van der Waals surface area contributed by atoms with E-state index in [1.165, 1.54) is 27.2 Å². The Balaban J connectivity index is 0.000000860. The highest BCUT2D eigenvalue weighted by molar-refractivity contribution is 7.87. The molecule has 36 heavy (non-hydrogen) atoms. The highest BCUT2D eigenvalue weighted by atomic mass is 35.5. The van der Waals surface area contributed by atoms with Crippen molar-refractivity contribution < 1.29 is 36.2 Å². The summed E-state index contributed by atoms with van der Waals surface area (Å²) in [6.07, 6.45) is -1.56. The highest BCUT2D eigenvalue weighted by Crippen LogP contribution is 2.33. The molecule has 6 atom stereocenters. The fraction of sp³-hybridized carbons (Fsp3) is 0.636. The Kier molecular flexibility index (Phi) is 16.7. The molecule has 208 valence electrons. The fourth-order valence-corrected chi connectivity index (χ4v) is 4.93. The van der Waals surface area contributed by atoms with E-state index in [9.17, 15) is 22.3 Å². The molecule has 0 heterocycles. The second-order valence-corrected chi connectivity index (χ2v) is 10.4. The van der Waals surface area contributed by atoms with Gasteiger partial charge >= 0.3 is 0 Å². The number of nitrogens with zero attached hydrogens (tertiary/aromatic N) is 2. The van der Waals surface area contributed by atoms with E-state index in [2.05, 4.69) is 20.0 Å². The number of alkyl halides is 2. The van der Waals surface area contributed by atoms with E-state index in [0.29, 0.717) is 6.42 Å². The van der Waals surface area contributed by atoms with Crippen LogP contribution in [0.2, 0.25) is 15.1 Å². The van der Waals surface area contributed by atoms with Crippen molar-refractivity contribution in [2.75, 3.05) is 14.2 Å². The molecule has 1 aromatic rings. The van der Waals surface area contributed by atoms with Gasteiger partial charge in [-0.15, -0.1) is 0 Å². The maximum atomic E-state index is 14.0. The highest BCUT2D eigenvalue weighted by Gasteiger charge is 2.31. The Bertz CT molecular complexity index is 956. The lowest BCUT2D eigenvalue weighted by atomic mass is 9.98. The number of hydrogen-bond donors (Lipinski definition) is 1. The molecule has 0 aliphatic rings. The van der Waals surface area contributed by atoms with Crippen molar-refractivity contribution in [2.24, 2.45) is 22.1 Å². The van der Waals surface area contributed by atoms with Gasteiger partial charge in [0.2, 0.25) is 0 Å². The van der Waals surface area contributed by atoms with Crippen molar-refractivity contribution in [3.63, 3.8) is 0 Å². The topological polar surface area (TPSA) is 107 Å². The average molecular weight is 598 g/mol. The molecule has 0 aliphatic heterocycles. The van der Waals surface area contributed by atoms with Gasteiger partial charge in [-0.2, -0.15) is 8.42 Å². The molecule has 0 amide bonds. The standard InChI is InChI=1S/C14H17Cl3FNO4S.C8H16FNO2/c1-4-13(8(2)12(18)7-19-22-3)23-24(20,21)14-6-10(16)9(15)5-11(14)17;1-4-8(11)6(2)7(9)5-10-12-3/h5-8,12-13H,4H2,1-3H3;5-8,11H,4H2,1-3H3/t8-,12+,13+;6-,7+,8+/m00/s1. The van der Waals surface area contributed by atoms with Crippen LogP contribution in [0, 0.1) is 11.8 Å². The zero-order valence-corrected chi connectivity index (χ0v) is 24.0. The Labute approximate surface area is 226 Å². The van der Waals surface area contributed by atoms with Crippen LogP contribution in [0.1, 0.15) is 40.5 Å². The first-order valence-electron chi connectivity index (χ1n) is 10.9. The first-order valence-corrected chi connectivity index (χ1v) is 13.5. The number of aliphatic hydroxyl groups is 1. The normalized spacial score (nSPS) is 17.1. The maximum absolute atomic E-state index is 14.0. The van der Waals surface area contributed by atoms with Crippen molar-refractivity contribution >= 4 is 57.4 Å². The predicted octanol–water partition coefficient (Wildman–Crippen LogP) is 6.10. The van der Waals surface area contributed by atoms with Crippen LogP contribution in [0.5, 0.6) is 0 Å². The van der Waals surface area contributed by atoms with Gasteiger partial charge in [0, 0.05) is 11.8 Å². The van der Waals surface area contributed by atoms with Crippen LogP contribution in [0.15, 0.2) is 27.3 Å². The first-order chi connectivity index (χ1) is 16.8. The van der Waals surface area contributed by atoms with E-state index >= 15 is 0 Å². The molecule has 1 rings (SSSR count). The van der Waals surface area contributed by atoms with Gasteiger partial charge in [-0.3, -0.25) is 4.18 Å². The monoisotopic (exact) mass is 596 g/mol. The molecule has 8 nitrogen and oxygen atoms in total. The van der Waals surface area contributed by atoms with Gasteiger partial charge in [0.15, 0.2) is 0 Å². The summed E-state index contributed by atoms with van der Waals surface area (Å²) in [6.45, 7) is 6.63. The minimum Gasteiger partial charge on any atom is -0.399 e. The summed E-state index contributed by atoms with van der Waals surface area (Å²) >= 11 is 17.5. The van der Waals surface area contributed by atoms with Crippen LogP contribution in [-0.4, -0.2) is 64.7 Å². The quantitative estimate of drug-likeness (QED) is 0.127. The van der Waals surface area contributed by atoms with Gasteiger partial charge in [-0.25, -0.2) is 8.78 Å². The molecule has 0 saturated heterocycles. The molecule has 0 saturated carbocycles. The number of rotatable bonds is 13. The van der Waals surface area contributed by atoms with E-state index in [0.717, 1.165) is 18.5 Å². The van der Waals surface area contributed by atoms with Gasteiger partial charge in [0.05, 0.1) is 39.7 Å². The first kappa shape index (κ1) is 34.8. The molecular formula is C22H33Cl3F2N2O6S. The smallest absolute Gasteiger partial charge is 0.298 e. The lowest BCUT2D eigenvalue weighted by Crippen LogP contribution is -2.32. The van der Waals surface area contributed by atoms with E-state index in [-0.39, 0.29) is 26.4 Å². The predicted molar refractivity (Wildman–Crippen MR) is 139 cm³/mol. The second-order valence-electron chi connectivity index (χ2n) is 7.65. The Morgan fingerprint density at radius 3 is 1.83 bits per heavy atom. The number of hydrogen-bond acceptors (Lipinski definition) is 8. The van der Waals surface area contributed by atoms with Gasteiger partial charge in [-0.1, -0.05) is 72.8 Å². The molecule has 0 radical (unpaired) electrons. The number of aliphatic hydroxyl groups excluding tert-OH is 1. The summed E-state index contributed by atoms with van der Waals surface area (Å²) in [5.41, 5.74) is 0. The molecule has 0 spiro atoms. The minimum atomic E-state index is -4.26. The third-order valence-corrected chi connectivity index (χ3v) is 7.65. The molecule has 1 aromatic carbocycles. The third kappa shape index (κ3) is 11.4. The molecule has 14 heteroatoms. The summed E-state index contributed by atoms with van der Waals surface area (Å²) in [6, 6.07) is 2.30. The van der Waals surface area contributed by atoms with E-state index in [1.807, 2.05) is 0 Å². The van der Waals surface area contributed by atoms with Gasteiger partial charge in [-0.05, 0) is 25.0 Å². The second kappa shape index (κ2) is 17.3. The Hall–Kier alpha value is -1.24. The summed E-state index contributed by atoms with van der Waals surface area (Å²) in [5, 5.41) is 15.9. The molecule has 0 aliphatic carbocycles. The van der Waals surface area contributed by atoms with Crippen LogP contribution in [-0.2, 0) is 24.0 Å². The number of oxime groups is 2. The van der Waals surface area contributed by atoms with Crippen molar-refractivity contribution in [2.45, 2.75) is 70.0 Å². The summed E-state index contributed by atoms with van der Waals surface area (Å²) in [5.74, 6) is -1.22. The molecular weight excluding hydrogens is 565 g/mol. The van der Waals surface area contributed by atoms with Crippen molar-refractivity contribution in [3.05, 3.63) is 27.2 Å². The van der Waals surface area contributed by atoms with Crippen molar-refractivity contribution in [1.29, 1.82) is 0 Å². The molecule has 0 aromatic heterocycles. The van der Waals surface area contributed by atoms with Gasteiger partial charge < -0.3 is 14.8 Å². The van der Waals surface area contributed by atoms with Crippen molar-refractivity contribution in [3.8, 4) is 0 Å². The molecule has 0 fully saturated rings. The van der Waals surface area contributed by atoms with Crippen LogP contribution in [0.25, 0.3) is 0 Å². The lowest BCUT2D eigenvalue weighted by molar-refractivity contribution is 0.0827. The number of benzene rings is 1. The zero-order chi connectivity index (χ0) is 28.1. The van der Waals surface area contributed by atoms with E-state index in [1.54, 1.807) is 20.8 Å². The lowest BCUT2D eigenvalue weighted by Gasteiger charge is -2.23. The largest absolute Gasteiger partial charge is 0.399 e. The zero-order valence-electron chi connectivity index (χ0n) is 20.9. The summed E-state index contributed by atoms with van der Waals surface area (Å²) in [7, 11) is -1.63.